The second-order valence-corrected chi connectivity index (χ2v) is 7.53. The van der Waals surface area contributed by atoms with Gasteiger partial charge in [-0.3, -0.25) is 4.79 Å². The quantitative estimate of drug-likeness (QED) is 0.720. The van der Waals surface area contributed by atoms with Gasteiger partial charge in [-0.05, 0) is 38.1 Å². The molecular formula is C21H23N5O. The number of nitrogens with zero attached hydrogens (tertiary/aromatic N) is 5. The highest BCUT2D eigenvalue weighted by molar-refractivity contribution is 5.95. The molecule has 6 heteroatoms. The second-order valence-electron chi connectivity index (χ2n) is 7.53. The summed E-state index contributed by atoms with van der Waals surface area (Å²) >= 11 is 0. The fraction of sp³-hybridized carbons (Fsp3) is 0.381. The van der Waals surface area contributed by atoms with E-state index >= 15 is 0 Å². The first-order chi connectivity index (χ1) is 13.3. The minimum atomic E-state index is -0.000347. The molecule has 0 bridgehead atoms. The zero-order chi connectivity index (χ0) is 18.2. The molecule has 4 heterocycles. The number of fused-ring (bicyclic) bond motifs is 2. The van der Waals surface area contributed by atoms with Crippen LogP contribution in [0.25, 0.3) is 10.9 Å². The van der Waals surface area contributed by atoms with Gasteiger partial charge in [-0.25, -0.2) is 9.97 Å². The summed E-state index contributed by atoms with van der Waals surface area (Å²) in [6, 6.07) is 12.0. The number of hydrogen-bond acceptors (Lipinski definition) is 4. The summed E-state index contributed by atoms with van der Waals surface area (Å²) in [6.45, 7) is 4.57. The van der Waals surface area contributed by atoms with Gasteiger partial charge in [0.15, 0.2) is 0 Å². The van der Waals surface area contributed by atoms with Gasteiger partial charge in [0.05, 0.1) is 30.1 Å². The smallest absolute Gasteiger partial charge is 0.272 e. The summed E-state index contributed by atoms with van der Waals surface area (Å²) in [5.74, 6) is -0.000347. The number of amides is 1. The molecule has 6 nitrogen and oxygen atoms in total. The largest absolute Gasteiger partial charge is 0.329 e. The Morgan fingerprint density at radius 3 is 2.85 bits per heavy atom. The molecule has 0 unspecified atom stereocenters. The molecule has 138 valence electrons. The Morgan fingerprint density at radius 1 is 1.11 bits per heavy atom. The molecule has 0 spiro atoms. The predicted octanol–water partition coefficient (Wildman–Crippen LogP) is 2.72. The highest BCUT2D eigenvalue weighted by atomic mass is 16.2. The number of para-hydroxylation sites is 1. The van der Waals surface area contributed by atoms with E-state index < -0.39 is 0 Å². The molecule has 2 aromatic heterocycles. The molecule has 27 heavy (non-hydrogen) atoms. The molecule has 0 radical (unpaired) electrons. The molecule has 1 saturated heterocycles. The number of carbonyl (C=O) groups excluding carboxylic acids is 1. The van der Waals surface area contributed by atoms with Crippen molar-refractivity contribution in [3.8, 4) is 0 Å². The van der Waals surface area contributed by atoms with E-state index in [0.717, 1.165) is 36.2 Å². The van der Waals surface area contributed by atoms with Crippen LogP contribution in [0.15, 0.2) is 48.9 Å². The molecule has 0 aliphatic carbocycles. The van der Waals surface area contributed by atoms with Crippen LogP contribution in [0.1, 0.15) is 35.1 Å². The van der Waals surface area contributed by atoms with Crippen LogP contribution < -0.4 is 0 Å². The molecule has 1 amide bonds. The molecule has 0 N–H and O–H groups in total. The maximum Gasteiger partial charge on any atom is 0.272 e. The summed E-state index contributed by atoms with van der Waals surface area (Å²) in [6.07, 6.45) is 6.33. The first kappa shape index (κ1) is 16.4. The lowest BCUT2D eigenvalue weighted by atomic mass is 10.1. The Labute approximate surface area is 158 Å². The standard InChI is InChI=1S/C21H23N5O/c27-21(20-8-7-16-5-1-2-6-19(16)23-20)25-13-17-11-22-15-26(17)18(14-25)12-24-9-3-4-10-24/h1-2,5-8,11,15,18H,3-4,9-10,12-14H2/t18-/m0/s1. The normalized spacial score (nSPS) is 20.1. The van der Waals surface area contributed by atoms with Crippen LogP contribution in [-0.2, 0) is 6.54 Å². The van der Waals surface area contributed by atoms with Crippen molar-refractivity contribution in [1.82, 2.24) is 24.3 Å². The van der Waals surface area contributed by atoms with Crippen LogP contribution >= 0.6 is 0 Å². The van der Waals surface area contributed by atoms with Gasteiger partial charge < -0.3 is 14.4 Å². The molecule has 2 aliphatic rings. The van der Waals surface area contributed by atoms with Crippen LogP contribution in [0.4, 0.5) is 0 Å². The van der Waals surface area contributed by atoms with E-state index in [0.29, 0.717) is 18.8 Å². The summed E-state index contributed by atoms with van der Waals surface area (Å²) in [5.41, 5.74) is 2.47. The number of benzene rings is 1. The molecule has 1 atom stereocenters. The van der Waals surface area contributed by atoms with E-state index in [-0.39, 0.29) is 11.9 Å². The van der Waals surface area contributed by atoms with Gasteiger partial charge >= 0.3 is 0 Å². The van der Waals surface area contributed by atoms with Crippen molar-refractivity contribution < 1.29 is 4.79 Å². The number of likely N-dealkylation sites (tertiary alicyclic amines) is 1. The van der Waals surface area contributed by atoms with E-state index in [1.54, 1.807) is 0 Å². The Hall–Kier alpha value is -2.73. The number of pyridine rings is 1. The third kappa shape index (κ3) is 3.10. The van der Waals surface area contributed by atoms with E-state index in [2.05, 4.69) is 19.4 Å². The summed E-state index contributed by atoms with van der Waals surface area (Å²) in [4.78, 5) is 26.5. The van der Waals surface area contributed by atoms with Gasteiger partial charge in [0.1, 0.15) is 5.69 Å². The number of carbonyl (C=O) groups is 1. The zero-order valence-corrected chi connectivity index (χ0v) is 15.3. The third-order valence-electron chi connectivity index (χ3n) is 5.70. The van der Waals surface area contributed by atoms with Crippen LogP contribution in [0.5, 0.6) is 0 Å². The second kappa shape index (κ2) is 6.78. The van der Waals surface area contributed by atoms with Crippen molar-refractivity contribution >= 4 is 16.8 Å². The average Bonchev–Trinajstić information content (AvgIpc) is 3.38. The zero-order valence-electron chi connectivity index (χ0n) is 15.3. The molecule has 3 aromatic rings. The average molecular weight is 361 g/mol. The monoisotopic (exact) mass is 361 g/mol. The molecule has 5 rings (SSSR count). The molecule has 0 saturated carbocycles. The first-order valence-corrected chi connectivity index (χ1v) is 9.66. The minimum absolute atomic E-state index is 0.000347. The number of hydrogen-bond donors (Lipinski definition) is 0. The van der Waals surface area contributed by atoms with Crippen molar-refractivity contribution in [3.63, 3.8) is 0 Å². The van der Waals surface area contributed by atoms with E-state index in [1.807, 2.05) is 53.8 Å². The van der Waals surface area contributed by atoms with Gasteiger partial charge in [0.2, 0.25) is 0 Å². The van der Waals surface area contributed by atoms with Gasteiger partial charge in [-0.15, -0.1) is 0 Å². The number of rotatable bonds is 3. The SMILES string of the molecule is O=C(c1ccc2ccccc2n1)N1Cc2cncn2[C@@H](CN2CCCC2)C1. The van der Waals surface area contributed by atoms with Gasteiger partial charge in [-0.1, -0.05) is 24.3 Å². The lowest BCUT2D eigenvalue weighted by Gasteiger charge is -2.36. The highest BCUT2D eigenvalue weighted by Gasteiger charge is 2.30. The first-order valence-electron chi connectivity index (χ1n) is 9.66. The number of aromatic nitrogens is 3. The van der Waals surface area contributed by atoms with Crippen LogP contribution in [0.3, 0.4) is 0 Å². The van der Waals surface area contributed by atoms with E-state index in [9.17, 15) is 4.79 Å². The topological polar surface area (TPSA) is 54.3 Å². The maximum absolute atomic E-state index is 13.2. The summed E-state index contributed by atoms with van der Waals surface area (Å²) < 4.78 is 2.25. The lowest BCUT2D eigenvalue weighted by molar-refractivity contribution is 0.0653. The van der Waals surface area contributed by atoms with Crippen LogP contribution in [-0.4, -0.2) is 56.4 Å². The fourth-order valence-electron chi connectivity index (χ4n) is 4.30. The Balaban J connectivity index is 1.41. The Kier molecular flexibility index (Phi) is 4.13. The van der Waals surface area contributed by atoms with Crippen molar-refractivity contribution in [1.29, 1.82) is 0 Å². The van der Waals surface area contributed by atoms with E-state index in [1.165, 1.54) is 12.8 Å². The van der Waals surface area contributed by atoms with Crippen LogP contribution in [0, 0.1) is 0 Å². The highest BCUT2D eigenvalue weighted by Crippen LogP contribution is 2.25. The molecule has 2 aliphatic heterocycles. The van der Waals surface area contributed by atoms with E-state index in [4.69, 9.17) is 0 Å². The summed E-state index contributed by atoms with van der Waals surface area (Å²) in [7, 11) is 0. The van der Waals surface area contributed by atoms with Crippen molar-refractivity contribution in [2.24, 2.45) is 0 Å². The van der Waals surface area contributed by atoms with Gasteiger partial charge in [0, 0.05) is 24.7 Å². The lowest BCUT2D eigenvalue weighted by Crippen LogP contribution is -2.44. The number of imidazole rings is 1. The van der Waals surface area contributed by atoms with Crippen molar-refractivity contribution in [2.75, 3.05) is 26.2 Å². The minimum Gasteiger partial charge on any atom is -0.329 e. The molecule has 1 aromatic carbocycles. The third-order valence-corrected chi connectivity index (χ3v) is 5.70. The van der Waals surface area contributed by atoms with Gasteiger partial charge in [0.25, 0.3) is 5.91 Å². The van der Waals surface area contributed by atoms with Crippen LogP contribution in [0.2, 0.25) is 0 Å². The summed E-state index contributed by atoms with van der Waals surface area (Å²) in [5, 5.41) is 1.05. The Morgan fingerprint density at radius 2 is 1.96 bits per heavy atom. The Bertz CT molecular complexity index is 975. The molecule has 1 fully saturated rings. The maximum atomic E-state index is 13.2. The van der Waals surface area contributed by atoms with Crippen molar-refractivity contribution in [3.05, 3.63) is 60.3 Å². The van der Waals surface area contributed by atoms with Crippen molar-refractivity contribution in [2.45, 2.75) is 25.4 Å². The molecular weight excluding hydrogens is 338 g/mol. The predicted molar refractivity (Wildman–Crippen MR) is 103 cm³/mol. The van der Waals surface area contributed by atoms with Gasteiger partial charge in [-0.2, -0.15) is 0 Å². The fourth-order valence-corrected chi connectivity index (χ4v) is 4.30.